The van der Waals surface area contributed by atoms with E-state index in [9.17, 15) is 27.2 Å². The van der Waals surface area contributed by atoms with Gasteiger partial charge in [0.1, 0.15) is 5.82 Å². The topological polar surface area (TPSA) is 55.4 Å². The van der Waals surface area contributed by atoms with Gasteiger partial charge in [0.15, 0.2) is 0 Å². The van der Waals surface area contributed by atoms with Crippen LogP contribution in [-0.4, -0.2) is 18.2 Å². The van der Waals surface area contributed by atoms with Crippen LogP contribution in [0.5, 0.6) is 0 Å². The second-order valence-corrected chi connectivity index (χ2v) is 5.38. The maximum atomic E-state index is 13.3. The number of anilines is 1. The van der Waals surface area contributed by atoms with Crippen LogP contribution in [-0.2, 0) is 9.53 Å². The first-order valence-electron chi connectivity index (χ1n) is 6.74. The van der Waals surface area contributed by atoms with Gasteiger partial charge in [0.05, 0.1) is 10.7 Å². The summed E-state index contributed by atoms with van der Waals surface area (Å²) < 4.78 is 53.3. The van der Waals surface area contributed by atoms with Crippen molar-refractivity contribution in [3.63, 3.8) is 0 Å². The van der Waals surface area contributed by atoms with Crippen LogP contribution in [0.2, 0.25) is 5.02 Å². The summed E-state index contributed by atoms with van der Waals surface area (Å²) in [5.74, 6) is -3.29. The van der Waals surface area contributed by atoms with E-state index in [0.29, 0.717) is 11.1 Å². The monoisotopic (exact) mass is 375 g/mol. The lowest BCUT2D eigenvalue weighted by Crippen LogP contribution is -2.30. The van der Waals surface area contributed by atoms with Crippen LogP contribution in [0.15, 0.2) is 36.4 Å². The second kappa shape index (κ2) is 7.10. The van der Waals surface area contributed by atoms with Gasteiger partial charge in [-0.2, -0.15) is 13.2 Å². The molecular formula is C16H10ClF4NO3. The molecule has 0 bridgehead atoms. The highest BCUT2D eigenvalue weighted by Gasteiger charge is 2.42. The van der Waals surface area contributed by atoms with E-state index in [1.165, 1.54) is 18.2 Å². The van der Waals surface area contributed by atoms with Gasteiger partial charge in [-0.1, -0.05) is 29.3 Å². The molecule has 0 saturated heterocycles. The average Bonchev–Trinajstić information content (AvgIpc) is 2.51. The Balaban J connectivity index is 2.31. The van der Waals surface area contributed by atoms with E-state index in [1.807, 2.05) is 0 Å². The van der Waals surface area contributed by atoms with Crippen LogP contribution < -0.4 is 5.32 Å². The number of esters is 1. The average molecular weight is 376 g/mol. The van der Waals surface area contributed by atoms with Gasteiger partial charge in [0.25, 0.3) is 0 Å². The van der Waals surface area contributed by atoms with Gasteiger partial charge in [-0.15, -0.1) is 0 Å². The highest BCUT2D eigenvalue weighted by atomic mass is 35.5. The summed E-state index contributed by atoms with van der Waals surface area (Å²) in [5.41, 5.74) is 1.60. The predicted molar refractivity (Wildman–Crippen MR) is 82.7 cm³/mol. The number of rotatable bonds is 2. The van der Waals surface area contributed by atoms with Crippen molar-refractivity contribution < 1.29 is 31.9 Å². The van der Waals surface area contributed by atoms with Crippen molar-refractivity contribution in [3.8, 4) is 11.1 Å². The van der Waals surface area contributed by atoms with Gasteiger partial charge < -0.3 is 4.74 Å². The number of hydrogen-bond acceptors (Lipinski definition) is 3. The fourth-order valence-corrected chi connectivity index (χ4v) is 2.13. The molecular weight excluding hydrogens is 366 g/mol. The zero-order chi connectivity index (χ0) is 18.8. The number of amides is 1. The number of benzene rings is 2. The number of carbonyl (C=O) groups is 2. The number of alkyl halides is 3. The van der Waals surface area contributed by atoms with E-state index in [-0.39, 0.29) is 10.7 Å². The van der Waals surface area contributed by atoms with Crippen molar-refractivity contribution in [1.29, 1.82) is 0 Å². The molecule has 2 aromatic carbocycles. The minimum absolute atomic E-state index is 0.0632. The molecule has 0 aromatic heterocycles. The van der Waals surface area contributed by atoms with Crippen LogP contribution in [0.4, 0.5) is 28.0 Å². The largest absolute Gasteiger partial charge is 0.491 e. The first-order chi connectivity index (χ1) is 11.6. The molecule has 0 saturated carbocycles. The van der Waals surface area contributed by atoms with Gasteiger partial charge >= 0.3 is 18.2 Å². The number of halogens is 5. The molecule has 1 N–H and O–H groups in total. The molecule has 0 fully saturated rings. The molecule has 0 aliphatic rings. The van der Waals surface area contributed by atoms with E-state index < -0.39 is 24.1 Å². The Morgan fingerprint density at radius 3 is 2.40 bits per heavy atom. The number of aryl methyl sites for hydroxylation is 1. The Bertz CT molecular complexity index is 837. The number of carbonyl (C=O) groups excluding carboxylic acids is 2. The quantitative estimate of drug-likeness (QED) is 0.452. The van der Waals surface area contributed by atoms with Crippen molar-refractivity contribution in [1.82, 2.24) is 0 Å². The van der Waals surface area contributed by atoms with Gasteiger partial charge in [-0.25, -0.2) is 14.0 Å². The summed E-state index contributed by atoms with van der Waals surface area (Å²) in [6, 6.07) is 8.37. The molecule has 2 aromatic rings. The molecule has 1 amide bonds. The van der Waals surface area contributed by atoms with Crippen LogP contribution >= 0.6 is 11.6 Å². The third-order valence-electron chi connectivity index (χ3n) is 3.06. The molecule has 2 rings (SSSR count). The maximum absolute atomic E-state index is 13.3. The van der Waals surface area contributed by atoms with Crippen LogP contribution in [0, 0.1) is 12.7 Å². The van der Waals surface area contributed by atoms with Crippen molar-refractivity contribution in [2.24, 2.45) is 0 Å². The van der Waals surface area contributed by atoms with Crippen molar-refractivity contribution in [2.75, 3.05) is 5.32 Å². The second-order valence-electron chi connectivity index (χ2n) is 4.98. The van der Waals surface area contributed by atoms with Gasteiger partial charge in [0, 0.05) is 5.56 Å². The Labute approximate surface area is 144 Å². The molecule has 0 aliphatic heterocycles. The Morgan fingerprint density at radius 2 is 1.80 bits per heavy atom. The summed E-state index contributed by atoms with van der Waals surface area (Å²) in [7, 11) is 0. The Morgan fingerprint density at radius 1 is 1.12 bits per heavy atom. The first-order valence-corrected chi connectivity index (χ1v) is 7.12. The maximum Gasteiger partial charge on any atom is 0.491 e. The molecule has 0 heterocycles. The fourth-order valence-electron chi connectivity index (χ4n) is 1.95. The molecule has 0 radical (unpaired) electrons. The van der Waals surface area contributed by atoms with E-state index in [0.717, 1.165) is 11.6 Å². The normalized spacial score (nSPS) is 11.1. The molecule has 0 spiro atoms. The molecule has 0 aliphatic carbocycles. The third-order valence-corrected chi connectivity index (χ3v) is 3.35. The van der Waals surface area contributed by atoms with Gasteiger partial charge in [-0.05, 0) is 36.8 Å². The Kier molecular flexibility index (Phi) is 5.32. The molecule has 9 heteroatoms. The summed E-state index contributed by atoms with van der Waals surface area (Å²) in [6.45, 7) is 1.74. The highest BCUT2D eigenvalue weighted by molar-refractivity contribution is 6.31. The smallest absolute Gasteiger partial charge is 0.369 e. The lowest BCUT2D eigenvalue weighted by Gasteiger charge is -2.13. The summed E-state index contributed by atoms with van der Waals surface area (Å²) in [4.78, 5) is 22.2. The Hall–Kier alpha value is -2.61. The van der Waals surface area contributed by atoms with Gasteiger partial charge in [-0.3, -0.25) is 5.32 Å². The zero-order valence-electron chi connectivity index (χ0n) is 12.6. The highest BCUT2D eigenvalue weighted by Crippen LogP contribution is 2.32. The van der Waals surface area contributed by atoms with Crippen molar-refractivity contribution in [3.05, 3.63) is 52.8 Å². The lowest BCUT2D eigenvalue weighted by atomic mass is 10.0. The third kappa shape index (κ3) is 4.69. The molecule has 25 heavy (non-hydrogen) atoms. The van der Waals surface area contributed by atoms with Crippen LogP contribution in [0.3, 0.4) is 0 Å². The summed E-state index contributed by atoms with van der Waals surface area (Å²) >= 11 is 5.72. The lowest BCUT2D eigenvalue weighted by molar-refractivity contribution is -0.192. The van der Waals surface area contributed by atoms with E-state index in [4.69, 9.17) is 11.6 Å². The van der Waals surface area contributed by atoms with Crippen LogP contribution in [0.1, 0.15) is 5.56 Å². The van der Waals surface area contributed by atoms with Crippen molar-refractivity contribution >= 4 is 29.4 Å². The molecule has 4 nitrogen and oxygen atoms in total. The van der Waals surface area contributed by atoms with E-state index >= 15 is 0 Å². The van der Waals surface area contributed by atoms with E-state index in [1.54, 1.807) is 19.1 Å². The zero-order valence-corrected chi connectivity index (χ0v) is 13.3. The summed E-state index contributed by atoms with van der Waals surface area (Å²) in [5, 5.41) is 1.89. The predicted octanol–water partition coefficient (Wildman–Crippen LogP) is 5.09. The van der Waals surface area contributed by atoms with Crippen LogP contribution in [0.25, 0.3) is 11.1 Å². The SMILES string of the molecule is Cc1ccc(NC(=O)OC(=O)C(F)(F)F)c(-c2ccc(F)c(Cl)c2)c1. The van der Waals surface area contributed by atoms with Gasteiger partial charge in [0.2, 0.25) is 0 Å². The minimum atomic E-state index is -5.29. The number of ether oxygens (including phenoxy) is 1. The summed E-state index contributed by atoms with van der Waals surface area (Å²) in [6.07, 6.45) is -6.89. The number of nitrogens with one attached hydrogen (secondary N) is 1. The molecule has 0 unspecified atom stereocenters. The van der Waals surface area contributed by atoms with E-state index in [2.05, 4.69) is 10.1 Å². The van der Waals surface area contributed by atoms with Crippen molar-refractivity contribution in [2.45, 2.75) is 13.1 Å². The first kappa shape index (κ1) is 18.7. The standard InChI is InChI=1S/C16H10ClF4NO3/c1-8-2-5-13(22-15(24)25-14(23)16(19,20)21)10(6-8)9-3-4-12(18)11(17)7-9/h2-7H,1H3,(H,22,24). The molecule has 132 valence electrons. The minimum Gasteiger partial charge on any atom is -0.369 e. The fraction of sp³-hybridized carbons (Fsp3) is 0.125. The molecule has 0 atom stereocenters. The number of hydrogen-bond donors (Lipinski definition) is 1.